The van der Waals surface area contributed by atoms with Gasteiger partial charge in [0.05, 0.1) is 5.52 Å². The molecule has 0 aliphatic rings. The zero-order valence-corrected chi connectivity index (χ0v) is 15.5. The van der Waals surface area contributed by atoms with Crippen molar-refractivity contribution in [3.63, 3.8) is 0 Å². The molecular formula is C21H22N2O4. The van der Waals surface area contributed by atoms with Gasteiger partial charge in [0.1, 0.15) is 12.6 Å². The minimum Gasteiger partial charge on any atom is -0.445 e. The molecule has 6 nitrogen and oxygen atoms in total. The Hall–Kier alpha value is -3.28. The van der Waals surface area contributed by atoms with Crippen LogP contribution >= 0.6 is 0 Å². The number of H-pyrrole nitrogens is 1. The highest BCUT2D eigenvalue weighted by Crippen LogP contribution is 2.30. The van der Waals surface area contributed by atoms with Crippen LogP contribution in [0.2, 0.25) is 0 Å². The highest BCUT2D eigenvalue weighted by Gasteiger charge is 2.21. The number of aromatic nitrogens is 1. The van der Waals surface area contributed by atoms with Crippen molar-refractivity contribution in [1.82, 2.24) is 10.3 Å². The van der Waals surface area contributed by atoms with Crippen LogP contribution in [0.5, 0.6) is 5.75 Å². The summed E-state index contributed by atoms with van der Waals surface area (Å²) in [6.45, 7) is 5.63. The first-order valence-electron chi connectivity index (χ1n) is 8.72. The average molecular weight is 366 g/mol. The lowest BCUT2D eigenvalue weighted by atomic mass is 10.1. The largest absolute Gasteiger partial charge is 0.445 e. The van der Waals surface area contributed by atoms with Crippen molar-refractivity contribution in [1.29, 1.82) is 0 Å². The van der Waals surface area contributed by atoms with Crippen LogP contribution in [0.1, 0.15) is 23.6 Å². The van der Waals surface area contributed by atoms with Gasteiger partial charge in [-0.1, -0.05) is 42.5 Å². The molecule has 0 fully saturated rings. The number of aryl methyl sites for hydroxylation is 2. The molecule has 2 N–H and O–H groups in total. The Kier molecular flexibility index (Phi) is 5.45. The topological polar surface area (TPSA) is 80.4 Å². The molecule has 140 valence electrons. The van der Waals surface area contributed by atoms with Gasteiger partial charge in [0.15, 0.2) is 5.75 Å². The van der Waals surface area contributed by atoms with Crippen LogP contribution in [0.15, 0.2) is 48.7 Å². The minimum absolute atomic E-state index is 0.134. The maximum absolute atomic E-state index is 12.4. The van der Waals surface area contributed by atoms with Gasteiger partial charge in [-0.2, -0.15) is 0 Å². The van der Waals surface area contributed by atoms with Crippen molar-refractivity contribution in [2.75, 3.05) is 0 Å². The lowest BCUT2D eigenvalue weighted by Gasteiger charge is -2.13. The third kappa shape index (κ3) is 4.28. The van der Waals surface area contributed by atoms with Gasteiger partial charge in [-0.15, -0.1) is 0 Å². The van der Waals surface area contributed by atoms with Crippen LogP contribution in [-0.2, 0) is 16.1 Å². The van der Waals surface area contributed by atoms with E-state index < -0.39 is 18.1 Å². The Morgan fingerprint density at radius 1 is 1.07 bits per heavy atom. The normalized spacial score (nSPS) is 11.8. The maximum atomic E-state index is 12.4. The molecule has 0 saturated carbocycles. The van der Waals surface area contributed by atoms with E-state index >= 15 is 0 Å². The van der Waals surface area contributed by atoms with Crippen LogP contribution in [0.4, 0.5) is 4.79 Å². The van der Waals surface area contributed by atoms with Crippen molar-refractivity contribution in [3.05, 3.63) is 65.4 Å². The summed E-state index contributed by atoms with van der Waals surface area (Å²) in [6.07, 6.45) is 0.984. The van der Waals surface area contributed by atoms with Crippen LogP contribution in [0.3, 0.4) is 0 Å². The predicted octanol–water partition coefficient (Wildman–Crippen LogP) is 4.01. The number of hydrogen-bond acceptors (Lipinski definition) is 4. The average Bonchev–Trinajstić information content (AvgIpc) is 3.09. The van der Waals surface area contributed by atoms with Gasteiger partial charge in [0.2, 0.25) is 0 Å². The summed E-state index contributed by atoms with van der Waals surface area (Å²) in [5.41, 5.74) is 3.87. The zero-order chi connectivity index (χ0) is 19.4. The molecule has 1 atom stereocenters. The van der Waals surface area contributed by atoms with Crippen LogP contribution in [-0.4, -0.2) is 23.1 Å². The lowest BCUT2D eigenvalue weighted by molar-refractivity contribution is -0.136. The van der Waals surface area contributed by atoms with Crippen LogP contribution < -0.4 is 10.1 Å². The van der Waals surface area contributed by atoms with Gasteiger partial charge in [-0.25, -0.2) is 9.59 Å². The summed E-state index contributed by atoms with van der Waals surface area (Å²) >= 11 is 0. The Morgan fingerprint density at radius 3 is 2.52 bits per heavy atom. The van der Waals surface area contributed by atoms with Crippen molar-refractivity contribution < 1.29 is 19.1 Å². The number of carbonyl (C=O) groups is 2. The molecule has 1 heterocycles. The molecule has 0 bridgehead atoms. The lowest BCUT2D eigenvalue weighted by Crippen LogP contribution is -2.41. The van der Waals surface area contributed by atoms with Crippen molar-refractivity contribution in [2.24, 2.45) is 0 Å². The number of carbonyl (C=O) groups excluding carboxylic acids is 2. The monoisotopic (exact) mass is 366 g/mol. The third-order valence-electron chi connectivity index (χ3n) is 4.33. The molecule has 2 aromatic carbocycles. The molecule has 27 heavy (non-hydrogen) atoms. The number of ether oxygens (including phenoxy) is 2. The third-order valence-corrected chi connectivity index (χ3v) is 4.33. The van der Waals surface area contributed by atoms with Crippen molar-refractivity contribution >= 4 is 23.0 Å². The molecule has 0 radical (unpaired) electrons. The van der Waals surface area contributed by atoms with E-state index in [1.807, 2.05) is 56.3 Å². The molecule has 0 aliphatic heterocycles. The number of esters is 1. The number of benzene rings is 2. The van der Waals surface area contributed by atoms with E-state index in [0.717, 1.165) is 27.6 Å². The fraction of sp³-hybridized carbons (Fsp3) is 0.238. The molecule has 6 heteroatoms. The number of aromatic amines is 1. The Bertz CT molecular complexity index is 963. The van der Waals surface area contributed by atoms with E-state index in [-0.39, 0.29) is 6.61 Å². The fourth-order valence-electron chi connectivity index (χ4n) is 2.80. The van der Waals surface area contributed by atoms with E-state index in [9.17, 15) is 9.59 Å². The van der Waals surface area contributed by atoms with E-state index in [1.165, 1.54) is 0 Å². The summed E-state index contributed by atoms with van der Waals surface area (Å²) in [5, 5.41) is 3.35. The van der Waals surface area contributed by atoms with Crippen LogP contribution in [0.25, 0.3) is 10.9 Å². The van der Waals surface area contributed by atoms with E-state index in [2.05, 4.69) is 10.3 Å². The molecule has 0 aliphatic carbocycles. The van der Waals surface area contributed by atoms with Crippen LogP contribution in [0, 0.1) is 13.8 Å². The van der Waals surface area contributed by atoms with Gasteiger partial charge in [0.25, 0.3) is 0 Å². The molecule has 0 unspecified atom stereocenters. The summed E-state index contributed by atoms with van der Waals surface area (Å²) in [5.74, 6) is -0.115. The van der Waals surface area contributed by atoms with Gasteiger partial charge in [0, 0.05) is 11.6 Å². The second-order valence-electron chi connectivity index (χ2n) is 6.45. The number of amides is 1. The highest BCUT2D eigenvalue weighted by molar-refractivity contribution is 5.94. The Balaban J connectivity index is 1.59. The first-order valence-corrected chi connectivity index (χ1v) is 8.72. The van der Waals surface area contributed by atoms with Crippen molar-refractivity contribution in [2.45, 2.75) is 33.4 Å². The number of alkyl carbamates (subject to hydrolysis) is 1. The fourth-order valence-corrected chi connectivity index (χ4v) is 2.80. The molecular weight excluding hydrogens is 344 g/mol. The number of nitrogens with one attached hydrogen (secondary N) is 2. The second-order valence-corrected chi connectivity index (χ2v) is 6.45. The molecule has 3 rings (SSSR count). The highest BCUT2D eigenvalue weighted by atomic mass is 16.6. The summed E-state index contributed by atoms with van der Waals surface area (Å²) in [6, 6.07) is 12.5. The van der Waals surface area contributed by atoms with E-state index in [4.69, 9.17) is 9.47 Å². The van der Waals surface area contributed by atoms with Gasteiger partial charge in [-0.3, -0.25) is 0 Å². The molecule has 3 aromatic rings. The number of hydrogen-bond donors (Lipinski definition) is 2. The number of fused-ring (bicyclic) bond motifs is 1. The molecule has 1 amide bonds. The Morgan fingerprint density at radius 2 is 1.78 bits per heavy atom. The van der Waals surface area contributed by atoms with E-state index in [1.54, 1.807) is 13.1 Å². The smallest absolute Gasteiger partial charge is 0.408 e. The molecule has 1 aromatic heterocycles. The zero-order valence-electron chi connectivity index (χ0n) is 15.5. The minimum atomic E-state index is -0.844. The molecule has 0 saturated heterocycles. The van der Waals surface area contributed by atoms with E-state index in [0.29, 0.717) is 5.75 Å². The summed E-state index contributed by atoms with van der Waals surface area (Å²) in [7, 11) is 0. The first kappa shape index (κ1) is 18.5. The SMILES string of the molecule is Cc1ccc(C)c2c(OC(=O)[C@H](C)NC(=O)OCc3ccccc3)c[nH]c12. The molecule has 0 spiro atoms. The summed E-state index contributed by atoms with van der Waals surface area (Å²) < 4.78 is 10.6. The second kappa shape index (κ2) is 7.95. The number of rotatable bonds is 5. The quantitative estimate of drug-likeness (QED) is 0.669. The van der Waals surface area contributed by atoms with Gasteiger partial charge >= 0.3 is 12.1 Å². The van der Waals surface area contributed by atoms with Crippen molar-refractivity contribution in [3.8, 4) is 5.75 Å². The standard InChI is InChI=1S/C21H22N2O4/c1-13-9-10-14(2)19-18(13)17(11-22-19)27-20(24)15(3)23-21(25)26-12-16-7-5-4-6-8-16/h4-11,15,22H,12H2,1-3H3,(H,23,25)/t15-/m0/s1. The summed E-state index contributed by atoms with van der Waals surface area (Å²) in [4.78, 5) is 27.4. The Labute approximate surface area is 157 Å². The van der Waals surface area contributed by atoms with Gasteiger partial charge in [-0.05, 0) is 37.5 Å². The predicted molar refractivity (Wildman–Crippen MR) is 103 cm³/mol. The maximum Gasteiger partial charge on any atom is 0.408 e. The van der Waals surface area contributed by atoms with Gasteiger partial charge < -0.3 is 19.8 Å². The first-order chi connectivity index (χ1) is 13.0.